The molecule has 4 aromatic rings. The van der Waals surface area contributed by atoms with E-state index in [-0.39, 0.29) is 21.9 Å². The van der Waals surface area contributed by atoms with Gasteiger partial charge < -0.3 is 10.4 Å². The van der Waals surface area contributed by atoms with Crippen molar-refractivity contribution in [3.63, 3.8) is 0 Å². The minimum absolute atomic E-state index is 0.0574. The lowest BCUT2D eigenvalue weighted by molar-refractivity contribution is 0.296. The van der Waals surface area contributed by atoms with Gasteiger partial charge in [-0.3, -0.25) is 14.4 Å². The molecule has 0 aliphatic carbocycles. The summed E-state index contributed by atoms with van der Waals surface area (Å²) in [7, 11) is 0. The molecule has 4 rings (SSSR count). The quantitative estimate of drug-likeness (QED) is 0.543. The van der Waals surface area contributed by atoms with Crippen LogP contribution in [0.15, 0.2) is 47.3 Å². The Hall–Kier alpha value is -2.92. The van der Waals surface area contributed by atoms with Crippen molar-refractivity contribution in [1.29, 1.82) is 5.26 Å². The Morgan fingerprint density at radius 2 is 2.00 bits per heavy atom. The number of pyridine rings is 1. The van der Waals surface area contributed by atoms with E-state index in [0.717, 1.165) is 4.70 Å². The van der Waals surface area contributed by atoms with Gasteiger partial charge in [0.25, 0.3) is 5.56 Å². The molecule has 112 valence electrons. The predicted molar refractivity (Wildman–Crippen MR) is 88.9 cm³/mol. The van der Waals surface area contributed by atoms with E-state index < -0.39 is 0 Å². The SMILES string of the molecule is N#Cc1c2ccc(N([O-])O)cc2c(=O)n2c1sc1ccccc12. The molecule has 0 spiro atoms. The lowest BCUT2D eigenvalue weighted by atomic mass is 10.1. The van der Waals surface area contributed by atoms with Crippen LogP contribution in [0, 0.1) is 16.5 Å². The number of anilines is 1. The summed E-state index contributed by atoms with van der Waals surface area (Å²) in [6.45, 7) is 0. The van der Waals surface area contributed by atoms with Crippen LogP contribution in [0.3, 0.4) is 0 Å². The first-order valence-corrected chi connectivity index (χ1v) is 7.49. The molecule has 0 atom stereocenters. The monoisotopic (exact) mass is 322 g/mol. The molecule has 0 bridgehead atoms. The molecule has 0 aliphatic heterocycles. The first kappa shape index (κ1) is 13.7. The van der Waals surface area contributed by atoms with E-state index in [9.17, 15) is 15.3 Å². The first-order chi connectivity index (χ1) is 11.1. The average Bonchev–Trinajstić information content (AvgIpc) is 2.94. The van der Waals surface area contributed by atoms with Gasteiger partial charge in [0.05, 0.1) is 26.9 Å². The zero-order chi connectivity index (χ0) is 16.1. The van der Waals surface area contributed by atoms with Gasteiger partial charge in [-0.05, 0) is 24.3 Å². The van der Waals surface area contributed by atoms with Gasteiger partial charge in [0.2, 0.25) is 0 Å². The Morgan fingerprint density at radius 1 is 1.22 bits per heavy atom. The van der Waals surface area contributed by atoms with Gasteiger partial charge in [0.15, 0.2) is 0 Å². The third-order valence-corrected chi connectivity index (χ3v) is 4.91. The average molecular weight is 322 g/mol. The van der Waals surface area contributed by atoms with E-state index in [2.05, 4.69) is 6.07 Å². The number of fused-ring (bicyclic) bond motifs is 4. The molecule has 2 heterocycles. The fourth-order valence-electron chi connectivity index (χ4n) is 2.74. The van der Waals surface area contributed by atoms with Gasteiger partial charge in [-0.25, -0.2) is 0 Å². The Morgan fingerprint density at radius 3 is 2.74 bits per heavy atom. The third-order valence-electron chi connectivity index (χ3n) is 3.77. The number of benzene rings is 2. The van der Waals surface area contributed by atoms with Gasteiger partial charge >= 0.3 is 0 Å². The zero-order valence-corrected chi connectivity index (χ0v) is 12.4. The van der Waals surface area contributed by atoms with Crippen LogP contribution in [0.4, 0.5) is 5.69 Å². The van der Waals surface area contributed by atoms with Crippen molar-refractivity contribution in [1.82, 2.24) is 4.40 Å². The minimum Gasteiger partial charge on any atom is -0.733 e. The standard InChI is InChI=1S/C16H8N3O3S/c17-8-12-10-6-5-9(19(21)22)7-11(10)15(20)18-13-3-1-2-4-14(13)23-16(12)18/h1-7,21H/q-1. The van der Waals surface area contributed by atoms with E-state index in [4.69, 9.17) is 5.21 Å². The van der Waals surface area contributed by atoms with Gasteiger partial charge in [-0.15, -0.1) is 11.3 Å². The predicted octanol–water partition coefficient (Wildman–Crippen LogP) is 3.23. The van der Waals surface area contributed by atoms with Gasteiger partial charge in [-0.2, -0.15) is 5.26 Å². The first-order valence-electron chi connectivity index (χ1n) is 6.68. The lowest BCUT2D eigenvalue weighted by Gasteiger charge is -2.21. The van der Waals surface area contributed by atoms with E-state index in [1.165, 1.54) is 33.9 Å². The summed E-state index contributed by atoms with van der Waals surface area (Å²) >= 11 is 1.37. The summed E-state index contributed by atoms with van der Waals surface area (Å²) in [5.41, 5.74) is 0.708. The van der Waals surface area contributed by atoms with E-state index >= 15 is 0 Å². The van der Waals surface area contributed by atoms with Crippen LogP contribution in [-0.4, -0.2) is 9.61 Å². The Kier molecular flexibility index (Phi) is 2.86. The van der Waals surface area contributed by atoms with Crippen molar-refractivity contribution in [3.8, 4) is 6.07 Å². The summed E-state index contributed by atoms with van der Waals surface area (Å²) in [6.07, 6.45) is 0. The lowest BCUT2D eigenvalue weighted by Crippen LogP contribution is -2.15. The highest BCUT2D eigenvalue weighted by Gasteiger charge is 2.16. The number of nitriles is 1. The van der Waals surface area contributed by atoms with Crippen molar-refractivity contribution in [2.45, 2.75) is 0 Å². The fraction of sp³-hybridized carbons (Fsp3) is 0. The smallest absolute Gasteiger partial charge is 0.264 e. The molecule has 0 saturated carbocycles. The normalized spacial score (nSPS) is 11.2. The molecule has 0 aliphatic rings. The molecule has 1 N–H and O–H groups in total. The summed E-state index contributed by atoms with van der Waals surface area (Å²) < 4.78 is 2.38. The maximum atomic E-state index is 12.9. The Balaban J connectivity index is 2.31. The molecular formula is C16H8N3O3S-. The van der Waals surface area contributed by atoms with Crippen LogP contribution >= 0.6 is 11.3 Å². The minimum atomic E-state index is -0.324. The molecule has 0 radical (unpaired) electrons. The molecule has 0 fully saturated rings. The third kappa shape index (κ3) is 1.83. The number of aromatic nitrogens is 1. The van der Waals surface area contributed by atoms with Gasteiger partial charge in [-0.1, -0.05) is 18.2 Å². The Bertz CT molecular complexity index is 1180. The van der Waals surface area contributed by atoms with Crippen molar-refractivity contribution in [3.05, 3.63) is 63.6 Å². The molecular weight excluding hydrogens is 314 g/mol. The van der Waals surface area contributed by atoms with Crippen LogP contribution in [0.5, 0.6) is 0 Å². The van der Waals surface area contributed by atoms with Crippen molar-refractivity contribution >= 4 is 42.8 Å². The largest absolute Gasteiger partial charge is 0.733 e. The van der Waals surface area contributed by atoms with Gasteiger partial charge in [0.1, 0.15) is 10.9 Å². The fourth-order valence-corrected chi connectivity index (χ4v) is 3.89. The van der Waals surface area contributed by atoms with Crippen molar-refractivity contribution < 1.29 is 5.21 Å². The van der Waals surface area contributed by atoms with Crippen LogP contribution < -0.4 is 10.8 Å². The molecule has 0 saturated heterocycles. The summed E-state index contributed by atoms with van der Waals surface area (Å²) in [6, 6.07) is 13.7. The molecule has 6 nitrogen and oxygen atoms in total. The number of thiazole rings is 1. The van der Waals surface area contributed by atoms with Crippen LogP contribution in [0.25, 0.3) is 25.8 Å². The maximum absolute atomic E-state index is 12.9. The highest BCUT2D eigenvalue weighted by Crippen LogP contribution is 2.31. The van der Waals surface area contributed by atoms with Crippen LogP contribution in [0.2, 0.25) is 0 Å². The topological polar surface area (TPSA) is 91.8 Å². The summed E-state index contributed by atoms with van der Waals surface area (Å²) in [5.74, 6) is 0. The van der Waals surface area contributed by atoms with Crippen LogP contribution in [-0.2, 0) is 0 Å². The molecule has 2 aromatic carbocycles. The molecule has 23 heavy (non-hydrogen) atoms. The van der Waals surface area contributed by atoms with Crippen LogP contribution in [0.1, 0.15) is 5.56 Å². The molecule has 0 amide bonds. The number of para-hydroxylation sites is 1. The van der Waals surface area contributed by atoms with E-state index in [1.807, 2.05) is 24.3 Å². The second-order valence-electron chi connectivity index (χ2n) is 5.01. The van der Waals surface area contributed by atoms with E-state index in [1.54, 1.807) is 0 Å². The zero-order valence-electron chi connectivity index (χ0n) is 11.6. The number of hydrogen-bond acceptors (Lipinski definition) is 6. The summed E-state index contributed by atoms with van der Waals surface area (Å²) in [4.78, 5) is 13.4. The molecule has 2 aromatic heterocycles. The Labute approximate surface area is 133 Å². The van der Waals surface area contributed by atoms with Crippen molar-refractivity contribution in [2.75, 3.05) is 5.23 Å². The second kappa shape index (κ2) is 4.79. The van der Waals surface area contributed by atoms with Crippen molar-refractivity contribution in [2.24, 2.45) is 0 Å². The number of rotatable bonds is 1. The second-order valence-corrected chi connectivity index (χ2v) is 6.04. The highest BCUT2D eigenvalue weighted by molar-refractivity contribution is 7.24. The number of nitrogens with zero attached hydrogens (tertiary/aromatic N) is 3. The number of hydrogen-bond donors (Lipinski definition) is 1. The molecule has 7 heteroatoms. The van der Waals surface area contributed by atoms with E-state index in [0.29, 0.717) is 21.3 Å². The van der Waals surface area contributed by atoms with Gasteiger partial charge in [0, 0.05) is 5.39 Å². The summed E-state index contributed by atoms with van der Waals surface area (Å²) in [5, 5.41) is 30.1. The maximum Gasteiger partial charge on any atom is 0.264 e. The highest BCUT2D eigenvalue weighted by atomic mass is 32.1. The molecule has 0 unspecified atom stereocenters.